The van der Waals surface area contributed by atoms with Gasteiger partial charge in [-0.1, -0.05) is 13.0 Å². The van der Waals surface area contributed by atoms with Crippen LogP contribution in [0.2, 0.25) is 0 Å². The number of rotatable bonds is 5. The van der Waals surface area contributed by atoms with Gasteiger partial charge in [-0.25, -0.2) is 4.39 Å². The molecule has 0 aliphatic carbocycles. The van der Waals surface area contributed by atoms with Crippen molar-refractivity contribution in [1.29, 1.82) is 0 Å². The molecule has 1 saturated heterocycles. The number of carbonyl (C=O) groups excluding carboxylic acids is 2. The summed E-state index contributed by atoms with van der Waals surface area (Å²) in [4.78, 5) is 28.1. The summed E-state index contributed by atoms with van der Waals surface area (Å²) in [5.41, 5.74) is 1.53. The Labute approximate surface area is 186 Å². The molecule has 3 rings (SSSR count). The van der Waals surface area contributed by atoms with E-state index in [1.807, 2.05) is 0 Å². The van der Waals surface area contributed by atoms with Gasteiger partial charge in [0.15, 0.2) is 17.2 Å². The lowest BCUT2D eigenvalue weighted by Crippen LogP contribution is -2.47. The Balaban J connectivity index is 2.10. The van der Waals surface area contributed by atoms with Crippen LogP contribution < -0.4 is 15.8 Å². The molecule has 4 atom stereocenters. The number of aromatic nitrogens is 1. The summed E-state index contributed by atoms with van der Waals surface area (Å²) >= 11 is 0. The average Bonchev–Trinajstić information content (AvgIpc) is 3.03. The standard InChI is InChI=1S/C21H20F5N3O4/c1-9-14(11-4-5-12(22)15(23)16(11)32-3)17(33-20(9,2)21(24,25)26)19(31)29-10-6-7-28-13(8-10)18(27)30/h4-9,14,17H,1-3H3,(H2,27,30)(H,28,29,31)/t9-,14-,17+,20-/m1/s1/i6D. The van der Waals surface area contributed by atoms with E-state index < -0.39 is 58.9 Å². The van der Waals surface area contributed by atoms with Crippen molar-refractivity contribution in [2.24, 2.45) is 11.7 Å². The molecule has 1 aromatic heterocycles. The predicted molar refractivity (Wildman–Crippen MR) is 106 cm³/mol. The molecule has 3 N–H and O–H groups in total. The van der Waals surface area contributed by atoms with Crippen molar-refractivity contribution < 1.29 is 42.4 Å². The first-order chi connectivity index (χ1) is 15.7. The number of amides is 2. The van der Waals surface area contributed by atoms with Gasteiger partial charge in [-0.3, -0.25) is 14.6 Å². The van der Waals surface area contributed by atoms with E-state index in [1.165, 1.54) is 6.92 Å². The van der Waals surface area contributed by atoms with Crippen LogP contribution in [0.15, 0.2) is 30.4 Å². The van der Waals surface area contributed by atoms with E-state index >= 15 is 0 Å². The van der Waals surface area contributed by atoms with Gasteiger partial charge in [0.05, 0.1) is 8.48 Å². The SMILES string of the molecule is [2H]c1cnc(C(N)=O)cc1NC(=O)[C@H]1O[C@@](C)(C(F)(F)F)[C@H](C)[C@@H]1c1ccc(F)c(F)c1OC. The van der Waals surface area contributed by atoms with Crippen LogP contribution >= 0.6 is 0 Å². The Morgan fingerprint density at radius 2 is 2.00 bits per heavy atom. The Kier molecular flexibility index (Phi) is 5.95. The zero-order valence-corrected chi connectivity index (χ0v) is 17.6. The Hall–Kier alpha value is -3.28. The molecule has 1 aromatic carbocycles. The summed E-state index contributed by atoms with van der Waals surface area (Å²) < 4.78 is 88.0. The summed E-state index contributed by atoms with van der Waals surface area (Å²) in [7, 11) is 1.01. The number of carbonyl (C=O) groups is 2. The number of benzene rings is 1. The van der Waals surface area contributed by atoms with Crippen molar-refractivity contribution in [3.63, 3.8) is 0 Å². The second-order valence-electron chi connectivity index (χ2n) is 7.64. The van der Waals surface area contributed by atoms with Gasteiger partial charge in [0.1, 0.15) is 11.8 Å². The number of hydrogen-bond acceptors (Lipinski definition) is 5. The summed E-state index contributed by atoms with van der Waals surface area (Å²) in [6.07, 6.45) is -5.87. The second kappa shape index (κ2) is 8.58. The zero-order valence-electron chi connectivity index (χ0n) is 18.6. The van der Waals surface area contributed by atoms with Gasteiger partial charge in [-0.15, -0.1) is 0 Å². The molecular formula is C21H20F5N3O4. The maximum Gasteiger partial charge on any atom is 0.417 e. The number of ether oxygens (including phenoxy) is 2. The summed E-state index contributed by atoms with van der Waals surface area (Å²) in [6, 6.07) is 2.36. The third-order valence-electron chi connectivity index (χ3n) is 5.79. The maximum atomic E-state index is 14.4. The van der Waals surface area contributed by atoms with Crippen LogP contribution in [0.25, 0.3) is 0 Å². The third kappa shape index (κ3) is 4.22. The fraction of sp³-hybridized carbons (Fsp3) is 0.381. The molecule has 1 fully saturated rings. The van der Waals surface area contributed by atoms with Crippen molar-refractivity contribution in [1.82, 2.24) is 4.98 Å². The van der Waals surface area contributed by atoms with E-state index in [0.717, 1.165) is 32.4 Å². The normalized spacial score (nSPS) is 25.5. The zero-order chi connectivity index (χ0) is 25.6. The lowest BCUT2D eigenvalue weighted by Gasteiger charge is -2.32. The molecular weight excluding hydrogens is 453 g/mol. The Morgan fingerprint density at radius 3 is 2.58 bits per heavy atom. The molecule has 178 valence electrons. The fourth-order valence-electron chi connectivity index (χ4n) is 3.84. The number of alkyl halides is 3. The van der Waals surface area contributed by atoms with Crippen LogP contribution in [0.3, 0.4) is 0 Å². The quantitative estimate of drug-likeness (QED) is 0.646. The van der Waals surface area contributed by atoms with E-state index in [0.29, 0.717) is 6.07 Å². The Morgan fingerprint density at radius 1 is 1.33 bits per heavy atom. The molecule has 2 amide bonds. The number of nitrogens with zero attached hydrogens (tertiary/aromatic N) is 1. The minimum Gasteiger partial charge on any atom is -0.493 e. The van der Waals surface area contributed by atoms with Crippen LogP contribution in [-0.4, -0.2) is 41.8 Å². The molecule has 0 radical (unpaired) electrons. The van der Waals surface area contributed by atoms with Crippen LogP contribution in [0.1, 0.15) is 37.2 Å². The molecule has 0 bridgehead atoms. The highest BCUT2D eigenvalue weighted by Gasteiger charge is 2.65. The van der Waals surface area contributed by atoms with E-state index in [1.54, 1.807) is 0 Å². The molecule has 0 unspecified atom stereocenters. The minimum atomic E-state index is -4.93. The number of halogens is 5. The lowest BCUT2D eigenvalue weighted by atomic mass is 9.77. The monoisotopic (exact) mass is 474 g/mol. The smallest absolute Gasteiger partial charge is 0.417 e. The van der Waals surface area contributed by atoms with Gasteiger partial charge < -0.3 is 20.5 Å². The van der Waals surface area contributed by atoms with Crippen molar-refractivity contribution in [2.75, 3.05) is 12.4 Å². The molecule has 7 nitrogen and oxygen atoms in total. The highest BCUT2D eigenvalue weighted by molar-refractivity contribution is 5.97. The van der Waals surface area contributed by atoms with Gasteiger partial charge >= 0.3 is 6.18 Å². The van der Waals surface area contributed by atoms with Crippen LogP contribution in [0.5, 0.6) is 5.75 Å². The van der Waals surface area contributed by atoms with Crippen LogP contribution in [0.4, 0.5) is 27.6 Å². The molecule has 2 heterocycles. The second-order valence-corrected chi connectivity index (χ2v) is 7.64. The molecule has 12 heteroatoms. The summed E-state index contributed by atoms with van der Waals surface area (Å²) in [6.45, 7) is 1.91. The first-order valence-electron chi connectivity index (χ1n) is 10.1. The van der Waals surface area contributed by atoms with Crippen molar-refractivity contribution in [2.45, 2.75) is 37.6 Å². The van der Waals surface area contributed by atoms with Crippen molar-refractivity contribution in [3.05, 3.63) is 53.3 Å². The average molecular weight is 474 g/mol. The maximum absolute atomic E-state index is 14.4. The van der Waals surface area contributed by atoms with Gasteiger partial charge in [0, 0.05) is 29.3 Å². The fourth-order valence-corrected chi connectivity index (χ4v) is 3.84. The van der Waals surface area contributed by atoms with Gasteiger partial charge in [-0.05, 0) is 25.1 Å². The first kappa shape index (κ1) is 22.9. The molecule has 0 saturated carbocycles. The minimum absolute atomic E-state index is 0.208. The lowest BCUT2D eigenvalue weighted by molar-refractivity contribution is -0.272. The molecule has 1 aliphatic rings. The number of hydrogen-bond donors (Lipinski definition) is 2. The molecule has 1 aliphatic heterocycles. The molecule has 33 heavy (non-hydrogen) atoms. The van der Waals surface area contributed by atoms with Gasteiger partial charge in [0.2, 0.25) is 5.82 Å². The topological polar surface area (TPSA) is 104 Å². The highest BCUT2D eigenvalue weighted by atomic mass is 19.4. The van der Waals surface area contributed by atoms with E-state index in [4.69, 9.17) is 16.6 Å². The van der Waals surface area contributed by atoms with E-state index in [2.05, 4.69) is 10.3 Å². The summed E-state index contributed by atoms with van der Waals surface area (Å²) in [5.74, 6) is -8.34. The number of anilines is 1. The molecule has 2 aromatic rings. The first-order valence-corrected chi connectivity index (χ1v) is 9.56. The predicted octanol–water partition coefficient (Wildman–Crippen LogP) is 3.55. The largest absolute Gasteiger partial charge is 0.493 e. The van der Waals surface area contributed by atoms with Crippen molar-refractivity contribution >= 4 is 17.5 Å². The highest BCUT2D eigenvalue weighted by Crippen LogP contribution is 2.55. The number of pyridine rings is 1. The van der Waals surface area contributed by atoms with Crippen molar-refractivity contribution in [3.8, 4) is 5.75 Å². The number of nitrogens with one attached hydrogen (secondary N) is 1. The molecule has 0 spiro atoms. The van der Waals surface area contributed by atoms with Gasteiger partial charge in [-0.2, -0.15) is 17.6 Å². The van der Waals surface area contributed by atoms with Crippen LogP contribution in [-0.2, 0) is 9.53 Å². The van der Waals surface area contributed by atoms with Crippen LogP contribution in [0, 0.1) is 17.6 Å². The van der Waals surface area contributed by atoms with Gasteiger partial charge in [0.25, 0.3) is 11.8 Å². The van der Waals surface area contributed by atoms with E-state index in [9.17, 15) is 31.5 Å². The number of methoxy groups -OCH3 is 1. The summed E-state index contributed by atoms with van der Waals surface area (Å²) in [5, 5.41) is 2.25. The van der Waals surface area contributed by atoms with E-state index in [-0.39, 0.29) is 23.0 Å². The Bertz CT molecular complexity index is 1150. The third-order valence-corrected chi connectivity index (χ3v) is 5.79. The number of nitrogens with two attached hydrogens (primary N) is 1. The number of primary amides is 1.